The van der Waals surface area contributed by atoms with Crippen molar-refractivity contribution in [1.29, 1.82) is 0 Å². The number of unbranched alkanes of at least 4 members (excludes halogenated alkanes) is 9. The summed E-state index contributed by atoms with van der Waals surface area (Å²) in [6.45, 7) is 7.67. The van der Waals surface area contributed by atoms with Crippen LogP contribution >= 0.6 is 23.2 Å². The van der Waals surface area contributed by atoms with Crippen LogP contribution in [0.25, 0.3) is 5.69 Å². The number of benzene rings is 3. The quantitative estimate of drug-likeness (QED) is 0.0635. The van der Waals surface area contributed by atoms with E-state index in [0.717, 1.165) is 12.2 Å². The van der Waals surface area contributed by atoms with Crippen LogP contribution < -0.4 is 29.8 Å². The molecule has 296 valence electrons. The zero-order valence-corrected chi connectivity index (χ0v) is 34.1. The lowest BCUT2D eigenvalue weighted by Gasteiger charge is -2.19. The molecule has 11 nitrogen and oxygen atoms in total. The molecule has 2 N–H and O–H groups in total. The van der Waals surface area contributed by atoms with Gasteiger partial charge < -0.3 is 24.3 Å². The molecule has 0 aliphatic rings. The van der Waals surface area contributed by atoms with E-state index in [9.17, 15) is 13.2 Å². The highest BCUT2D eigenvalue weighted by Gasteiger charge is 2.23. The molecule has 0 aliphatic heterocycles. The summed E-state index contributed by atoms with van der Waals surface area (Å²) in [6, 6.07) is 16.5. The number of methoxy groups -OCH3 is 1. The largest absolute Gasteiger partial charge is 0.495 e. The molecule has 0 unspecified atom stereocenters. The molecule has 0 atom stereocenters. The van der Waals surface area contributed by atoms with Gasteiger partial charge in [0, 0.05) is 31.3 Å². The van der Waals surface area contributed by atoms with Crippen molar-refractivity contribution in [3.63, 3.8) is 0 Å². The van der Waals surface area contributed by atoms with Crippen LogP contribution in [0.1, 0.15) is 85.0 Å². The second-order valence-electron chi connectivity index (χ2n) is 12.9. The van der Waals surface area contributed by atoms with Gasteiger partial charge in [0.1, 0.15) is 47.7 Å². The Hall–Kier alpha value is -3.84. The van der Waals surface area contributed by atoms with Crippen molar-refractivity contribution in [2.24, 2.45) is 0 Å². The zero-order chi connectivity index (χ0) is 38.9. The fourth-order valence-corrected chi connectivity index (χ4v) is 8.12. The third kappa shape index (κ3) is 12.3. The molecule has 0 amide bonds. The monoisotopic (exact) mass is 804 g/mol. The molecule has 0 aliphatic carbocycles. The third-order valence-corrected chi connectivity index (χ3v) is 11.6. The molecule has 4 rings (SSSR count). The molecule has 0 saturated heterocycles. The van der Waals surface area contributed by atoms with Crippen LogP contribution in [-0.4, -0.2) is 62.5 Å². The Morgan fingerprint density at radius 2 is 1.24 bits per heavy atom. The van der Waals surface area contributed by atoms with Crippen LogP contribution in [0.4, 0.5) is 11.5 Å². The highest BCUT2D eigenvalue weighted by atomic mass is 35.5. The van der Waals surface area contributed by atoms with E-state index < -0.39 is 15.6 Å². The van der Waals surface area contributed by atoms with Gasteiger partial charge in [0.15, 0.2) is 0 Å². The Morgan fingerprint density at radius 3 is 1.80 bits per heavy atom. The van der Waals surface area contributed by atoms with Crippen molar-refractivity contribution in [1.82, 2.24) is 14.1 Å². The molecular weight excluding hydrogens is 751 g/mol. The molecule has 0 saturated carbocycles. The molecule has 1 aromatic heterocycles. The molecule has 0 spiro atoms. The van der Waals surface area contributed by atoms with Crippen LogP contribution in [0.5, 0.6) is 23.0 Å². The summed E-state index contributed by atoms with van der Waals surface area (Å²) in [5.41, 5.74) is 0.107. The number of anilines is 2. The van der Waals surface area contributed by atoms with Crippen molar-refractivity contribution < 1.29 is 27.4 Å². The lowest BCUT2D eigenvalue weighted by Crippen LogP contribution is -2.30. The van der Waals surface area contributed by atoms with Crippen molar-refractivity contribution in [2.45, 2.75) is 89.9 Å². The summed E-state index contributed by atoms with van der Waals surface area (Å²) in [6.07, 6.45) is 12.9. The summed E-state index contributed by atoms with van der Waals surface area (Å²) in [5.74, 6) is 2.56. The fourth-order valence-electron chi connectivity index (χ4n) is 6.00. The minimum atomic E-state index is -3.73. The SMILES string of the molecule is CCCCCCCCCCCCOc1ccc(OCCOc2cc(Cl)c(-n3[nH]c(Nc4cc(S(=O)(=O)N(CC)CC)ccc4OC)cc3=O)c(Cl)c2)cc1. The maximum Gasteiger partial charge on any atom is 0.273 e. The van der Waals surface area contributed by atoms with E-state index in [2.05, 4.69) is 17.3 Å². The normalized spacial score (nSPS) is 11.5. The summed E-state index contributed by atoms with van der Waals surface area (Å²) < 4.78 is 51.8. The van der Waals surface area contributed by atoms with E-state index in [1.807, 2.05) is 24.3 Å². The van der Waals surface area contributed by atoms with Gasteiger partial charge in [-0.1, -0.05) is 102 Å². The van der Waals surface area contributed by atoms with Gasteiger partial charge in [0.25, 0.3) is 5.56 Å². The van der Waals surface area contributed by atoms with Crippen LogP contribution in [0.3, 0.4) is 0 Å². The van der Waals surface area contributed by atoms with Gasteiger partial charge in [-0.3, -0.25) is 9.89 Å². The van der Waals surface area contributed by atoms with Gasteiger partial charge in [-0.15, -0.1) is 0 Å². The molecule has 3 aromatic carbocycles. The molecule has 0 radical (unpaired) electrons. The maximum atomic E-state index is 13.1. The van der Waals surface area contributed by atoms with Crippen LogP contribution in [0, 0.1) is 0 Å². The second-order valence-corrected chi connectivity index (χ2v) is 15.6. The lowest BCUT2D eigenvalue weighted by atomic mass is 10.1. The molecule has 14 heteroatoms. The smallest absolute Gasteiger partial charge is 0.273 e. The van der Waals surface area contributed by atoms with E-state index in [1.165, 1.54) is 92.1 Å². The number of hydrogen-bond acceptors (Lipinski definition) is 8. The minimum absolute atomic E-state index is 0.0842. The summed E-state index contributed by atoms with van der Waals surface area (Å²) >= 11 is 13.2. The van der Waals surface area contributed by atoms with Gasteiger partial charge in [-0.2, -0.15) is 4.31 Å². The van der Waals surface area contributed by atoms with E-state index in [4.69, 9.17) is 42.1 Å². The highest BCUT2D eigenvalue weighted by Crippen LogP contribution is 2.34. The summed E-state index contributed by atoms with van der Waals surface area (Å²) in [5, 5.41) is 6.34. The number of ether oxygens (including phenoxy) is 4. The van der Waals surface area contributed by atoms with Gasteiger partial charge in [0.05, 0.1) is 34.3 Å². The first kappa shape index (κ1) is 42.9. The maximum absolute atomic E-state index is 13.1. The minimum Gasteiger partial charge on any atom is -0.495 e. The number of nitrogens with zero attached hydrogens (tertiary/aromatic N) is 2. The van der Waals surface area contributed by atoms with E-state index in [1.54, 1.807) is 32.0 Å². The Morgan fingerprint density at radius 1 is 0.704 bits per heavy atom. The summed E-state index contributed by atoms with van der Waals surface area (Å²) in [4.78, 5) is 13.1. The van der Waals surface area contributed by atoms with Gasteiger partial charge >= 0.3 is 0 Å². The first-order valence-corrected chi connectivity index (χ1v) is 21.1. The Bertz CT molecular complexity index is 1890. The van der Waals surface area contributed by atoms with Crippen molar-refractivity contribution in [2.75, 3.05) is 45.3 Å². The number of rotatable bonds is 25. The number of H-pyrrole nitrogens is 1. The predicted octanol–water partition coefficient (Wildman–Crippen LogP) is 10.0. The third-order valence-electron chi connectivity index (χ3n) is 8.93. The average molecular weight is 806 g/mol. The standard InChI is InChI=1S/C40H54Cl2N4O7S/c1-5-8-9-10-11-12-13-14-15-16-23-51-30-17-19-31(20-18-30)52-24-25-53-32-26-34(41)40(35(42)27-32)46-39(47)29-38(44-46)43-36-28-33(21-22-37(36)50-4)54(48,49)45(6-2)7-3/h17-22,26-29,43-44H,5-16,23-25H2,1-4H3. The Kier molecular flexibility index (Phi) is 17.4. The number of halogens is 2. The zero-order valence-electron chi connectivity index (χ0n) is 31.8. The van der Waals surface area contributed by atoms with Crippen LogP contribution in [0.2, 0.25) is 10.0 Å². The van der Waals surface area contributed by atoms with Gasteiger partial charge in [-0.05, 0) is 48.9 Å². The van der Waals surface area contributed by atoms with Crippen molar-refractivity contribution >= 4 is 44.7 Å². The first-order valence-electron chi connectivity index (χ1n) is 18.9. The lowest BCUT2D eigenvalue weighted by molar-refractivity contribution is 0.217. The number of aromatic nitrogens is 2. The van der Waals surface area contributed by atoms with Gasteiger partial charge in [0.2, 0.25) is 10.0 Å². The van der Waals surface area contributed by atoms with Crippen molar-refractivity contribution in [3.8, 4) is 28.7 Å². The molecule has 4 aromatic rings. The first-order chi connectivity index (χ1) is 26.1. The topological polar surface area (TPSA) is 124 Å². The van der Waals surface area contributed by atoms with E-state index in [-0.39, 0.29) is 39.7 Å². The number of aromatic amines is 1. The predicted molar refractivity (Wildman–Crippen MR) is 218 cm³/mol. The van der Waals surface area contributed by atoms with E-state index in [0.29, 0.717) is 42.6 Å². The van der Waals surface area contributed by atoms with Crippen molar-refractivity contribution in [3.05, 3.63) is 81.1 Å². The molecule has 0 fully saturated rings. The fraction of sp³-hybridized carbons (Fsp3) is 0.475. The van der Waals surface area contributed by atoms with Gasteiger partial charge in [-0.25, -0.2) is 13.1 Å². The van der Waals surface area contributed by atoms with Crippen LogP contribution in [-0.2, 0) is 10.0 Å². The average Bonchev–Trinajstić information content (AvgIpc) is 3.51. The molecule has 0 bridgehead atoms. The second kappa shape index (κ2) is 21.9. The van der Waals surface area contributed by atoms with E-state index >= 15 is 0 Å². The molecule has 54 heavy (non-hydrogen) atoms. The summed E-state index contributed by atoms with van der Waals surface area (Å²) in [7, 11) is -2.27. The Balaban J connectivity index is 1.26. The molecular formula is C40H54Cl2N4O7S. The number of hydrogen-bond donors (Lipinski definition) is 2. The highest BCUT2D eigenvalue weighted by molar-refractivity contribution is 7.89. The number of sulfonamides is 1. The number of nitrogens with one attached hydrogen (secondary N) is 2. The Labute approximate surface area is 329 Å². The molecule has 1 heterocycles. The van der Waals surface area contributed by atoms with Crippen LogP contribution in [0.15, 0.2) is 70.4 Å².